The molecule has 1 aromatic carbocycles. The van der Waals surface area contributed by atoms with Gasteiger partial charge in [-0.1, -0.05) is 35.5 Å². The molecule has 0 radical (unpaired) electrons. The summed E-state index contributed by atoms with van der Waals surface area (Å²) in [4.78, 5) is 8.79. The molecule has 1 aliphatic rings. The lowest BCUT2D eigenvalue weighted by molar-refractivity contribution is 0.00975. The summed E-state index contributed by atoms with van der Waals surface area (Å²) >= 11 is 0. The molecule has 1 N–H and O–H groups in total. The number of benzene rings is 1. The minimum Gasteiger partial charge on any atom is -0.373 e. The molecule has 0 spiro atoms. The third-order valence-electron chi connectivity index (χ3n) is 4.36. The zero-order valence-corrected chi connectivity index (χ0v) is 14.1. The van der Waals surface area contributed by atoms with Gasteiger partial charge < -0.3 is 14.6 Å². The normalized spacial score (nSPS) is 20.4. The van der Waals surface area contributed by atoms with Gasteiger partial charge in [0.25, 0.3) is 5.89 Å². The van der Waals surface area contributed by atoms with E-state index in [1.54, 1.807) is 13.1 Å². The van der Waals surface area contributed by atoms with Crippen molar-refractivity contribution < 1.29 is 9.26 Å². The highest BCUT2D eigenvalue weighted by Gasteiger charge is 2.25. The van der Waals surface area contributed by atoms with Gasteiger partial charge in [0.05, 0.1) is 11.7 Å². The zero-order chi connectivity index (χ0) is 17.1. The average Bonchev–Trinajstić information content (AvgIpc) is 3.09. The fourth-order valence-corrected chi connectivity index (χ4v) is 3.12. The first kappa shape index (κ1) is 15.8. The van der Waals surface area contributed by atoms with Crippen molar-refractivity contribution >= 4 is 5.82 Å². The smallest absolute Gasteiger partial charge is 0.261 e. The highest BCUT2D eigenvalue weighted by molar-refractivity contribution is 5.68. The topological polar surface area (TPSA) is 73.1 Å². The van der Waals surface area contributed by atoms with Gasteiger partial charge in [0, 0.05) is 18.8 Å². The summed E-state index contributed by atoms with van der Waals surface area (Å²) in [6.07, 6.45) is 3.69. The summed E-state index contributed by atoms with van der Waals surface area (Å²) in [5, 5.41) is 7.41. The fourth-order valence-electron chi connectivity index (χ4n) is 3.12. The van der Waals surface area contributed by atoms with E-state index in [0.717, 1.165) is 30.8 Å². The number of rotatable bonds is 4. The Balaban J connectivity index is 1.52. The van der Waals surface area contributed by atoms with Crippen molar-refractivity contribution in [3.05, 3.63) is 60.0 Å². The van der Waals surface area contributed by atoms with E-state index in [9.17, 15) is 0 Å². The Morgan fingerprint density at radius 1 is 1.12 bits per heavy atom. The van der Waals surface area contributed by atoms with Gasteiger partial charge in [0.2, 0.25) is 0 Å². The van der Waals surface area contributed by atoms with E-state index in [4.69, 9.17) is 9.26 Å². The van der Waals surface area contributed by atoms with Crippen molar-refractivity contribution in [2.24, 2.45) is 0 Å². The summed E-state index contributed by atoms with van der Waals surface area (Å²) in [7, 11) is 0. The van der Waals surface area contributed by atoms with Crippen LogP contribution in [-0.2, 0) is 4.74 Å². The number of aromatic nitrogens is 3. The molecule has 1 fully saturated rings. The van der Waals surface area contributed by atoms with Crippen molar-refractivity contribution in [2.45, 2.75) is 31.9 Å². The number of aryl methyl sites for hydroxylation is 1. The summed E-state index contributed by atoms with van der Waals surface area (Å²) in [5.74, 6) is 1.87. The predicted molar refractivity (Wildman–Crippen MR) is 94.0 cm³/mol. The Bertz CT molecular complexity index is 834. The van der Waals surface area contributed by atoms with Gasteiger partial charge in [0.1, 0.15) is 5.82 Å². The Labute approximate surface area is 146 Å². The molecule has 1 aliphatic heterocycles. The maximum atomic E-state index is 5.95. The molecule has 2 aromatic heterocycles. The van der Waals surface area contributed by atoms with Crippen LogP contribution in [0.25, 0.3) is 11.5 Å². The molecular weight excluding hydrogens is 316 g/mol. The number of nitrogens with zero attached hydrogens (tertiary/aromatic N) is 3. The Hall–Kier alpha value is -2.73. The van der Waals surface area contributed by atoms with Crippen molar-refractivity contribution in [2.75, 3.05) is 11.9 Å². The Kier molecular flexibility index (Phi) is 4.43. The number of pyridine rings is 1. The molecular formula is C19H20N4O2. The second kappa shape index (κ2) is 7.03. The van der Waals surface area contributed by atoms with E-state index in [-0.39, 0.29) is 12.1 Å². The summed E-state index contributed by atoms with van der Waals surface area (Å²) in [6.45, 7) is 2.53. The van der Waals surface area contributed by atoms with Crippen LogP contribution in [-0.4, -0.2) is 27.8 Å². The largest absolute Gasteiger partial charge is 0.373 e. The molecule has 6 heteroatoms. The molecule has 3 aromatic rings. The SMILES string of the molecule is Cc1noc(-c2cccnc2NC2CCOC(c3ccccc3)C2)n1. The van der Waals surface area contributed by atoms with Gasteiger partial charge >= 0.3 is 0 Å². The first-order chi connectivity index (χ1) is 12.3. The van der Waals surface area contributed by atoms with Crippen molar-refractivity contribution in [3.63, 3.8) is 0 Å². The van der Waals surface area contributed by atoms with E-state index >= 15 is 0 Å². The third kappa shape index (κ3) is 3.53. The van der Waals surface area contributed by atoms with Gasteiger partial charge in [-0.3, -0.25) is 0 Å². The maximum absolute atomic E-state index is 5.95. The average molecular weight is 336 g/mol. The molecule has 0 bridgehead atoms. The second-order valence-corrected chi connectivity index (χ2v) is 6.18. The van der Waals surface area contributed by atoms with Gasteiger partial charge in [-0.15, -0.1) is 0 Å². The molecule has 3 heterocycles. The van der Waals surface area contributed by atoms with Gasteiger partial charge in [-0.2, -0.15) is 4.98 Å². The van der Waals surface area contributed by atoms with Crippen LogP contribution in [0.4, 0.5) is 5.82 Å². The lowest BCUT2D eigenvalue weighted by atomic mass is 9.97. The summed E-state index contributed by atoms with van der Waals surface area (Å²) < 4.78 is 11.3. The number of anilines is 1. The number of ether oxygens (including phenoxy) is 1. The van der Waals surface area contributed by atoms with Crippen LogP contribution >= 0.6 is 0 Å². The van der Waals surface area contributed by atoms with Crippen LogP contribution in [0.3, 0.4) is 0 Å². The predicted octanol–water partition coefficient (Wildman–Crippen LogP) is 3.77. The molecule has 128 valence electrons. The molecule has 0 aliphatic carbocycles. The standard InChI is InChI=1S/C19H20N4O2/c1-13-21-19(25-23-13)16-8-5-10-20-18(16)22-15-9-11-24-17(12-15)14-6-3-2-4-7-14/h2-8,10,15,17H,9,11-12H2,1H3,(H,20,22). The summed E-state index contributed by atoms with van der Waals surface area (Å²) in [6, 6.07) is 14.4. The lowest BCUT2D eigenvalue weighted by Crippen LogP contribution is -2.30. The van der Waals surface area contributed by atoms with Crippen molar-refractivity contribution in [1.29, 1.82) is 0 Å². The Morgan fingerprint density at radius 2 is 2.00 bits per heavy atom. The number of nitrogens with one attached hydrogen (secondary N) is 1. The van der Waals surface area contributed by atoms with Gasteiger partial charge in [0.15, 0.2) is 5.82 Å². The summed E-state index contributed by atoms with van der Waals surface area (Å²) in [5.41, 5.74) is 2.04. The first-order valence-corrected chi connectivity index (χ1v) is 8.48. The van der Waals surface area contributed by atoms with Crippen LogP contribution in [0.5, 0.6) is 0 Å². The van der Waals surface area contributed by atoms with Crippen LogP contribution in [0.1, 0.15) is 30.3 Å². The quantitative estimate of drug-likeness (QED) is 0.782. The first-order valence-electron chi connectivity index (χ1n) is 8.48. The van der Waals surface area contributed by atoms with Crippen LogP contribution in [0.2, 0.25) is 0 Å². The minimum atomic E-state index is 0.102. The molecule has 0 amide bonds. The molecule has 4 rings (SSSR count). The maximum Gasteiger partial charge on any atom is 0.261 e. The van der Waals surface area contributed by atoms with E-state index < -0.39 is 0 Å². The zero-order valence-electron chi connectivity index (χ0n) is 14.1. The molecule has 6 nitrogen and oxygen atoms in total. The third-order valence-corrected chi connectivity index (χ3v) is 4.36. The van der Waals surface area contributed by atoms with Gasteiger partial charge in [-0.25, -0.2) is 4.98 Å². The van der Waals surface area contributed by atoms with E-state index in [1.807, 2.05) is 30.3 Å². The van der Waals surface area contributed by atoms with E-state index in [1.165, 1.54) is 5.56 Å². The Morgan fingerprint density at radius 3 is 2.80 bits per heavy atom. The molecule has 0 saturated carbocycles. The van der Waals surface area contributed by atoms with Crippen molar-refractivity contribution in [1.82, 2.24) is 15.1 Å². The number of hydrogen-bond donors (Lipinski definition) is 1. The monoisotopic (exact) mass is 336 g/mol. The molecule has 25 heavy (non-hydrogen) atoms. The molecule has 2 atom stereocenters. The van der Waals surface area contributed by atoms with Gasteiger partial charge in [-0.05, 0) is 37.5 Å². The minimum absolute atomic E-state index is 0.102. The van der Waals surface area contributed by atoms with Crippen LogP contribution in [0.15, 0.2) is 53.2 Å². The van der Waals surface area contributed by atoms with Crippen LogP contribution < -0.4 is 5.32 Å². The highest BCUT2D eigenvalue weighted by atomic mass is 16.5. The highest BCUT2D eigenvalue weighted by Crippen LogP contribution is 2.31. The second-order valence-electron chi connectivity index (χ2n) is 6.18. The van der Waals surface area contributed by atoms with E-state index in [2.05, 4.69) is 32.6 Å². The molecule has 1 saturated heterocycles. The van der Waals surface area contributed by atoms with Crippen molar-refractivity contribution in [3.8, 4) is 11.5 Å². The number of hydrogen-bond acceptors (Lipinski definition) is 6. The molecule has 2 unspecified atom stereocenters. The fraction of sp³-hybridized carbons (Fsp3) is 0.316. The van der Waals surface area contributed by atoms with Crippen LogP contribution in [0, 0.1) is 6.92 Å². The van der Waals surface area contributed by atoms with E-state index in [0.29, 0.717) is 11.7 Å². The lowest BCUT2D eigenvalue weighted by Gasteiger charge is -2.31.